The standard InChI is InChI=1S/C14H18O4/c1-4-17-13(15)5-6-14(16)18-12-8-10(2)7-11(3)9-12/h7-9H,4-6H2,1-3H3. The van der Waals surface area contributed by atoms with Crippen LogP contribution in [0.4, 0.5) is 0 Å². The van der Waals surface area contributed by atoms with E-state index in [-0.39, 0.29) is 18.8 Å². The summed E-state index contributed by atoms with van der Waals surface area (Å²) in [6.07, 6.45) is 0.0866. The van der Waals surface area contributed by atoms with Crippen LogP contribution < -0.4 is 4.74 Å². The first-order valence-corrected chi connectivity index (χ1v) is 5.96. The normalized spacial score (nSPS) is 9.94. The highest BCUT2D eigenvalue weighted by Crippen LogP contribution is 2.16. The SMILES string of the molecule is CCOC(=O)CCC(=O)Oc1cc(C)cc(C)c1. The monoisotopic (exact) mass is 250 g/mol. The van der Waals surface area contributed by atoms with E-state index in [0.717, 1.165) is 11.1 Å². The summed E-state index contributed by atoms with van der Waals surface area (Å²) in [7, 11) is 0. The van der Waals surface area contributed by atoms with Crippen molar-refractivity contribution in [2.24, 2.45) is 0 Å². The fraction of sp³-hybridized carbons (Fsp3) is 0.429. The molecule has 18 heavy (non-hydrogen) atoms. The largest absolute Gasteiger partial charge is 0.466 e. The quantitative estimate of drug-likeness (QED) is 0.595. The van der Waals surface area contributed by atoms with Gasteiger partial charge in [0, 0.05) is 0 Å². The van der Waals surface area contributed by atoms with Gasteiger partial charge >= 0.3 is 11.9 Å². The number of hydrogen-bond donors (Lipinski definition) is 0. The second-order valence-corrected chi connectivity index (χ2v) is 4.10. The molecule has 0 aliphatic heterocycles. The topological polar surface area (TPSA) is 52.6 Å². The van der Waals surface area contributed by atoms with E-state index in [0.29, 0.717) is 12.4 Å². The molecular formula is C14H18O4. The third kappa shape index (κ3) is 4.99. The molecule has 4 heteroatoms. The Bertz CT molecular complexity index is 417. The predicted molar refractivity (Wildman–Crippen MR) is 67.4 cm³/mol. The van der Waals surface area contributed by atoms with Crippen molar-refractivity contribution in [1.82, 2.24) is 0 Å². The number of carbonyl (C=O) groups excluding carboxylic acids is 2. The minimum absolute atomic E-state index is 0.0336. The van der Waals surface area contributed by atoms with E-state index >= 15 is 0 Å². The Morgan fingerprint density at radius 1 is 1.00 bits per heavy atom. The highest BCUT2D eigenvalue weighted by Gasteiger charge is 2.10. The lowest BCUT2D eigenvalue weighted by Gasteiger charge is -2.06. The van der Waals surface area contributed by atoms with Crippen molar-refractivity contribution >= 4 is 11.9 Å². The third-order valence-corrected chi connectivity index (χ3v) is 2.27. The molecule has 0 saturated heterocycles. The lowest BCUT2D eigenvalue weighted by Crippen LogP contribution is -2.12. The first-order chi connectivity index (χ1) is 8.51. The van der Waals surface area contributed by atoms with Crippen LogP contribution in [0.5, 0.6) is 5.75 Å². The van der Waals surface area contributed by atoms with Gasteiger partial charge in [-0.1, -0.05) is 6.07 Å². The van der Waals surface area contributed by atoms with Gasteiger partial charge in [0.05, 0.1) is 19.4 Å². The summed E-state index contributed by atoms with van der Waals surface area (Å²) in [5.41, 5.74) is 2.06. The van der Waals surface area contributed by atoms with Crippen LogP contribution in [0.2, 0.25) is 0 Å². The van der Waals surface area contributed by atoms with Gasteiger partial charge in [-0.3, -0.25) is 9.59 Å². The number of ether oxygens (including phenoxy) is 2. The molecule has 0 spiro atoms. The molecule has 0 saturated carbocycles. The fourth-order valence-electron chi connectivity index (χ4n) is 1.61. The van der Waals surface area contributed by atoms with Crippen LogP contribution in [-0.2, 0) is 14.3 Å². The molecule has 0 aromatic heterocycles. The van der Waals surface area contributed by atoms with Crippen molar-refractivity contribution in [2.45, 2.75) is 33.6 Å². The lowest BCUT2D eigenvalue weighted by molar-refractivity contribution is -0.146. The second-order valence-electron chi connectivity index (χ2n) is 4.10. The Labute approximate surface area is 107 Å². The van der Waals surface area contributed by atoms with Crippen LogP contribution in [-0.4, -0.2) is 18.5 Å². The average molecular weight is 250 g/mol. The number of rotatable bonds is 5. The molecule has 0 unspecified atom stereocenters. The van der Waals surface area contributed by atoms with Gasteiger partial charge in [0.25, 0.3) is 0 Å². The van der Waals surface area contributed by atoms with Crippen molar-refractivity contribution in [3.05, 3.63) is 29.3 Å². The van der Waals surface area contributed by atoms with Gasteiger partial charge in [-0.25, -0.2) is 0 Å². The Morgan fingerprint density at radius 2 is 1.56 bits per heavy atom. The Morgan fingerprint density at radius 3 is 2.11 bits per heavy atom. The molecular weight excluding hydrogens is 232 g/mol. The van der Waals surface area contributed by atoms with E-state index in [1.165, 1.54) is 0 Å². The maximum atomic E-state index is 11.5. The molecule has 0 atom stereocenters. The first-order valence-electron chi connectivity index (χ1n) is 5.96. The zero-order valence-corrected chi connectivity index (χ0v) is 11.0. The Balaban J connectivity index is 2.47. The molecule has 1 aromatic rings. The number of carbonyl (C=O) groups is 2. The summed E-state index contributed by atoms with van der Waals surface area (Å²) in [5, 5.41) is 0. The zero-order chi connectivity index (χ0) is 13.5. The first kappa shape index (κ1) is 14.2. The van der Waals surface area contributed by atoms with E-state index in [9.17, 15) is 9.59 Å². The van der Waals surface area contributed by atoms with E-state index in [1.54, 1.807) is 19.1 Å². The number of hydrogen-bond acceptors (Lipinski definition) is 4. The summed E-state index contributed by atoms with van der Waals surface area (Å²) in [4.78, 5) is 22.6. The summed E-state index contributed by atoms with van der Waals surface area (Å²) >= 11 is 0. The van der Waals surface area contributed by atoms with Crippen LogP contribution in [0.1, 0.15) is 30.9 Å². The molecule has 0 heterocycles. The van der Waals surface area contributed by atoms with Crippen LogP contribution in [0.25, 0.3) is 0 Å². The summed E-state index contributed by atoms with van der Waals surface area (Å²) in [6, 6.07) is 5.57. The molecule has 0 N–H and O–H groups in total. The van der Waals surface area contributed by atoms with Crippen LogP contribution in [0.15, 0.2) is 18.2 Å². The molecule has 0 aliphatic carbocycles. The molecule has 0 amide bonds. The van der Waals surface area contributed by atoms with Gasteiger partial charge in [-0.15, -0.1) is 0 Å². The van der Waals surface area contributed by atoms with Crippen LogP contribution >= 0.6 is 0 Å². The molecule has 0 radical (unpaired) electrons. The maximum absolute atomic E-state index is 11.5. The average Bonchev–Trinajstić information content (AvgIpc) is 2.25. The van der Waals surface area contributed by atoms with E-state index < -0.39 is 5.97 Å². The summed E-state index contributed by atoms with van der Waals surface area (Å²) in [6.45, 7) is 5.92. The Kier molecular flexibility index (Phi) is 5.36. The van der Waals surface area contributed by atoms with Gasteiger partial charge in [0.15, 0.2) is 0 Å². The fourth-order valence-corrected chi connectivity index (χ4v) is 1.61. The minimum atomic E-state index is -0.423. The van der Waals surface area contributed by atoms with E-state index in [1.807, 2.05) is 19.9 Å². The number of aryl methyl sites for hydroxylation is 2. The van der Waals surface area contributed by atoms with Crippen LogP contribution in [0, 0.1) is 13.8 Å². The molecule has 1 aromatic carbocycles. The number of esters is 2. The number of benzene rings is 1. The highest BCUT2D eigenvalue weighted by atomic mass is 16.5. The molecule has 0 fully saturated rings. The van der Waals surface area contributed by atoms with Gasteiger partial charge in [0.1, 0.15) is 5.75 Å². The molecule has 4 nitrogen and oxygen atoms in total. The van der Waals surface area contributed by atoms with E-state index in [2.05, 4.69) is 0 Å². The second kappa shape index (κ2) is 6.79. The van der Waals surface area contributed by atoms with Crippen molar-refractivity contribution in [3.63, 3.8) is 0 Å². The Hall–Kier alpha value is -1.84. The van der Waals surface area contributed by atoms with Gasteiger partial charge in [-0.05, 0) is 44.0 Å². The lowest BCUT2D eigenvalue weighted by atomic mass is 10.1. The molecule has 1 rings (SSSR count). The molecule has 98 valence electrons. The van der Waals surface area contributed by atoms with Crippen LogP contribution in [0.3, 0.4) is 0 Å². The maximum Gasteiger partial charge on any atom is 0.311 e. The van der Waals surface area contributed by atoms with Crippen molar-refractivity contribution in [3.8, 4) is 5.75 Å². The third-order valence-electron chi connectivity index (χ3n) is 2.27. The molecule has 0 bridgehead atoms. The predicted octanol–water partition coefficient (Wildman–Crippen LogP) is 2.55. The van der Waals surface area contributed by atoms with Gasteiger partial charge in [0.2, 0.25) is 0 Å². The smallest absolute Gasteiger partial charge is 0.311 e. The zero-order valence-electron chi connectivity index (χ0n) is 11.0. The summed E-state index contributed by atoms with van der Waals surface area (Å²) < 4.78 is 9.89. The summed E-state index contributed by atoms with van der Waals surface area (Å²) in [5.74, 6) is -0.288. The van der Waals surface area contributed by atoms with Crippen molar-refractivity contribution < 1.29 is 19.1 Å². The minimum Gasteiger partial charge on any atom is -0.466 e. The highest BCUT2D eigenvalue weighted by molar-refractivity contribution is 5.79. The van der Waals surface area contributed by atoms with Crippen molar-refractivity contribution in [2.75, 3.05) is 6.61 Å². The van der Waals surface area contributed by atoms with Gasteiger partial charge in [-0.2, -0.15) is 0 Å². The molecule has 0 aliphatic rings. The van der Waals surface area contributed by atoms with Gasteiger partial charge < -0.3 is 9.47 Å². The van der Waals surface area contributed by atoms with Crippen molar-refractivity contribution in [1.29, 1.82) is 0 Å². The van der Waals surface area contributed by atoms with E-state index in [4.69, 9.17) is 9.47 Å².